The monoisotopic (exact) mass is 241 g/mol. The smallest absolute Gasteiger partial charge is 0.183 e. The quantitative estimate of drug-likeness (QED) is 0.416. The summed E-state index contributed by atoms with van der Waals surface area (Å²) in [5.74, 6) is 0.761. The maximum absolute atomic E-state index is 9.50. The van der Waals surface area contributed by atoms with Gasteiger partial charge in [-0.05, 0) is 18.4 Å². The highest BCUT2D eigenvalue weighted by atomic mass is 32.2. The highest BCUT2D eigenvalue weighted by Gasteiger charge is 2.42. The molecule has 7 heteroatoms. The molecular weight excluding hydrogens is 222 g/mol. The van der Waals surface area contributed by atoms with Crippen LogP contribution in [0.3, 0.4) is 0 Å². The van der Waals surface area contributed by atoms with Crippen LogP contribution in [0.1, 0.15) is 6.42 Å². The van der Waals surface area contributed by atoms with Crippen LogP contribution in [-0.4, -0.2) is 63.1 Å². The second-order valence-electron chi connectivity index (χ2n) is 3.32. The lowest BCUT2D eigenvalue weighted by Crippen LogP contribution is -2.57. The molecule has 7 N–H and O–H groups in total. The zero-order valence-corrected chi connectivity index (χ0v) is 9.43. The highest BCUT2D eigenvalue weighted by Crippen LogP contribution is 2.22. The molecular formula is C8H19NO5S. The van der Waals surface area contributed by atoms with E-state index in [1.165, 1.54) is 0 Å². The molecule has 0 bridgehead atoms. The zero-order chi connectivity index (χ0) is 10.7. The van der Waals surface area contributed by atoms with Crippen LogP contribution < -0.4 is 6.15 Å². The third kappa shape index (κ3) is 3.56. The van der Waals surface area contributed by atoms with E-state index in [1.807, 2.05) is 6.26 Å². The van der Waals surface area contributed by atoms with Crippen molar-refractivity contribution >= 4 is 11.8 Å². The van der Waals surface area contributed by atoms with Gasteiger partial charge in [0.25, 0.3) is 0 Å². The van der Waals surface area contributed by atoms with Crippen LogP contribution in [-0.2, 0) is 4.74 Å². The van der Waals surface area contributed by atoms with Crippen LogP contribution >= 0.6 is 11.8 Å². The van der Waals surface area contributed by atoms with Crippen molar-refractivity contribution < 1.29 is 25.2 Å². The van der Waals surface area contributed by atoms with Gasteiger partial charge in [-0.15, -0.1) is 0 Å². The van der Waals surface area contributed by atoms with E-state index in [2.05, 4.69) is 0 Å². The minimum absolute atomic E-state index is 0. The van der Waals surface area contributed by atoms with Crippen LogP contribution in [0.4, 0.5) is 0 Å². The molecule has 1 rings (SSSR count). The molecule has 92 valence electrons. The van der Waals surface area contributed by atoms with Crippen LogP contribution in [0.25, 0.3) is 0 Å². The van der Waals surface area contributed by atoms with E-state index >= 15 is 0 Å². The largest absolute Gasteiger partial charge is 0.388 e. The van der Waals surface area contributed by atoms with Crippen LogP contribution in [0.5, 0.6) is 0 Å². The maximum Gasteiger partial charge on any atom is 0.183 e. The lowest BCUT2D eigenvalue weighted by Gasteiger charge is -2.38. The predicted molar refractivity (Wildman–Crippen MR) is 56.9 cm³/mol. The van der Waals surface area contributed by atoms with E-state index in [0.717, 1.165) is 5.75 Å². The molecule has 5 atom stereocenters. The SMILES string of the molecule is CSCCC1O[C@H](O)C(O)C(O)[C@@H]1O.N. The third-order valence-corrected chi connectivity index (χ3v) is 2.94. The molecule has 1 heterocycles. The molecule has 1 aliphatic rings. The van der Waals surface area contributed by atoms with Gasteiger partial charge in [-0.2, -0.15) is 11.8 Å². The summed E-state index contributed by atoms with van der Waals surface area (Å²) in [4.78, 5) is 0. The Hall–Kier alpha value is 0.110. The molecule has 0 spiro atoms. The minimum Gasteiger partial charge on any atom is -0.388 e. The second kappa shape index (κ2) is 6.64. The van der Waals surface area contributed by atoms with Gasteiger partial charge < -0.3 is 31.3 Å². The number of aliphatic hydroxyl groups is 4. The Kier molecular flexibility index (Phi) is 6.69. The van der Waals surface area contributed by atoms with Gasteiger partial charge in [-0.25, -0.2) is 0 Å². The third-order valence-electron chi connectivity index (χ3n) is 2.29. The second-order valence-corrected chi connectivity index (χ2v) is 4.30. The van der Waals surface area contributed by atoms with Gasteiger partial charge in [0.2, 0.25) is 0 Å². The summed E-state index contributed by atoms with van der Waals surface area (Å²) >= 11 is 1.58. The van der Waals surface area contributed by atoms with Crippen LogP contribution in [0.2, 0.25) is 0 Å². The first-order valence-electron chi connectivity index (χ1n) is 4.44. The molecule has 6 nitrogen and oxygen atoms in total. The summed E-state index contributed by atoms with van der Waals surface area (Å²) in [6.07, 6.45) is -3.50. The van der Waals surface area contributed by atoms with Gasteiger partial charge in [0.15, 0.2) is 6.29 Å². The summed E-state index contributed by atoms with van der Waals surface area (Å²) in [7, 11) is 0. The Labute approximate surface area is 92.8 Å². The lowest BCUT2D eigenvalue weighted by molar-refractivity contribution is -0.281. The molecule has 15 heavy (non-hydrogen) atoms. The molecule has 0 aromatic rings. The van der Waals surface area contributed by atoms with Crippen LogP contribution in [0, 0.1) is 0 Å². The molecule has 0 aliphatic carbocycles. The van der Waals surface area contributed by atoms with E-state index in [-0.39, 0.29) is 6.15 Å². The standard InChI is InChI=1S/C8H16O5S.H3N/c1-14-3-2-4-5(9)6(10)7(11)8(12)13-4;/h4-12H,2-3H2,1H3;1H3/t4?,5-,6?,7?,8+;/m1./s1. The number of thioether (sulfide) groups is 1. The first-order chi connectivity index (χ1) is 6.57. The Bertz CT molecular complexity index is 184. The normalized spacial score (nSPS) is 41.0. The summed E-state index contributed by atoms with van der Waals surface area (Å²) in [5.41, 5.74) is 0. The van der Waals surface area contributed by atoms with Crippen molar-refractivity contribution in [2.45, 2.75) is 37.1 Å². The van der Waals surface area contributed by atoms with E-state index in [4.69, 9.17) is 9.84 Å². The van der Waals surface area contributed by atoms with E-state index in [1.54, 1.807) is 11.8 Å². The van der Waals surface area contributed by atoms with Crippen molar-refractivity contribution in [3.05, 3.63) is 0 Å². The van der Waals surface area contributed by atoms with Crippen molar-refractivity contribution in [2.24, 2.45) is 0 Å². The van der Waals surface area contributed by atoms with Gasteiger partial charge >= 0.3 is 0 Å². The number of rotatable bonds is 3. The first-order valence-corrected chi connectivity index (χ1v) is 5.84. The van der Waals surface area contributed by atoms with Crippen molar-refractivity contribution in [3.8, 4) is 0 Å². The van der Waals surface area contributed by atoms with Gasteiger partial charge in [-0.3, -0.25) is 0 Å². The molecule has 0 radical (unpaired) electrons. The van der Waals surface area contributed by atoms with Crippen molar-refractivity contribution in [1.82, 2.24) is 6.15 Å². The van der Waals surface area contributed by atoms with Crippen molar-refractivity contribution in [3.63, 3.8) is 0 Å². The van der Waals surface area contributed by atoms with Crippen molar-refractivity contribution in [1.29, 1.82) is 0 Å². The molecule has 0 aromatic carbocycles. The average Bonchev–Trinajstić information content (AvgIpc) is 2.18. The summed E-state index contributed by atoms with van der Waals surface area (Å²) in [5, 5.41) is 37.2. The molecule has 0 aromatic heterocycles. The zero-order valence-electron chi connectivity index (χ0n) is 8.61. The minimum atomic E-state index is -1.43. The predicted octanol–water partition coefficient (Wildman–Crippen LogP) is -1.30. The Morgan fingerprint density at radius 1 is 1.07 bits per heavy atom. The van der Waals surface area contributed by atoms with Gasteiger partial charge in [-0.1, -0.05) is 0 Å². The van der Waals surface area contributed by atoms with Crippen molar-refractivity contribution in [2.75, 3.05) is 12.0 Å². The summed E-state index contributed by atoms with van der Waals surface area (Å²) < 4.78 is 4.97. The van der Waals surface area contributed by atoms with Gasteiger partial charge in [0, 0.05) is 0 Å². The fraction of sp³-hybridized carbons (Fsp3) is 1.00. The van der Waals surface area contributed by atoms with E-state index in [0.29, 0.717) is 6.42 Å². The molecule has 0 amide bonds. The topological polar surface area (TPSA) is 125 Å². The maximum atomic E-state index is 9.50. The first kappa shape index (κ1) is 15.1. The Morgan fingerprint density at radius 2 is 1.67 bits per heavy atom. The Balaban J connectivity index is 0.00000196. The molecule has 1 fully saturated rings. The molecule has 1 saturated heterocycles. The van der Waals surface area contributed by atoms with Crippen LogP contribution in [0.15, 0.2) is 0 Å². The number of ether oxygens (including phenoxy) is 1. The van der Waals surface area contributed by atoms with Gasteiger partial charge in [0.05, 0.1) is 6.10 Å². The van der Waals surface area contributed by atoms with Gasteiger partial charge in [0.1, 0.15) is 18.3 Å². The molecule has 1 aliphatic heterocycles. The van der Waals surface area contributed by atoms with E-state index in [9.17, 15) is 15.3 Å². The fourth-order valence-electron chi connectivity index (χ4n) is 1.40. The molecule has 3 unspecified atom stereocenters. The average molecular weight is 241 g/mol. The summed E-state index contributed by atoms with van der Waals surface area (Å²) in [6, 6.07) is 0. The number of aliphatic hydroxyl groups excluding tert-OH is 4. The number of hydrogen-bond acceptors (Lipinski definition) is 7. The van der Waals surface area contributed by atoms with E-state index < -0.39 is 30.7 Å². The fourth-order valence-corrected chi connectivity index (χ4v) is 1.87. The summed E-state index contributed by atoms with van der Waals surface area (Å²) in [6.45, 7) is 0. The lowest BCUT2D eigenvalue weighted by atomic mass is 9.97. The molecule has 0 saturated carbocycles. The highest BCUT2D eigenvalue weighted by molar-refractivity contribution is 7.98. The number of hydrogen-bond donors (Lipinski definition) is 5. The Morgan fingerprint density at radius 3 is 2.20 bits per heavy atom.